The summed E-state index contributed by atoms with van der Waals surface area (Å²) in [5, 5.41) is 2.80. The minimum atomic E-state index is -0.268. The monoisotopic (exact) mass is 400 g/mol. The zero-order valence-corrected chi connectivity index (χ0v) is 16.4. The van der Waals surface area contributed by atoms with Gasteiger partial charge in [0.2, 0.25) is 0 Å². The highest BCUT2D eigenvalue weighted by atomic mass is 16.5. The van der Waals surface area contributed by atoms with Gasteiger partial charge in [-0.05, 0) is 48.9 Å². The molecule has 0 saturated carbocycles. The lowest BCUT2D eigenvalue weighted by molar-refractivity contribution is -0.121. The number of anilines is 2. The van der Waals surface area contributed by atoms with E-state index in [1.54, 1.807) is 41.3 Å². The van der Waals surface area contributed by atoms with Gasteiger partial charge in [-0.25, -0.2) is 0 Å². The first-order valence-corrected chi connectivity index (χ1v) is 9.55. The summed E-state index contributed by atoms with van der Waals surface area (Å²) in [5.74, 6) is 0.242. The van der Waals surface area contributed by atoms with Crippen LogP contribution in [0.15, 0.2) is 72.8 Å². The Morgan fingerprint density at radius 1 is 0.967 bits per heavy atom. The molecule has 4 rings (SSSR count). The first kappa shape index (κ1) is 19.4. The molecule has 30 heavy (non-hydrogen) atoms. The van der Waals surface area contributed by atoms with Gasteiger partial charge < -0.3 is 15.0 Å². The van der Waals surface area contributed by atoms with E-state index in [0.717, 1.165) is 11.3 Å². The quantitative estimate of drug-likeness (QED) is 0.655. The number of rotatable bonds is 5. The van der Waals surface area contributed by atoms with E-state index in [2.05, 4.69) is 5.32 Å². The van der Waals surface area contributed by atoms with Gasteiger partial charge in [-0.1, -0.05) is 36.4 Å². The number of nitrogens with one attached hydrogen (secondary N) is 1. The highest BCUT2D eigenvalue weighted by Gasteiger charge is 2.25. The van der Waals surface area contributed by atoms with E-state index in [4.69, 9.17) is 4.74 Å². The number of fused-ring (bicyclic) bond motifs is 1. The van der Waals surface area contributed by atoms with Crippen LogP contribution in [0.4, 0.5) is 11.4 Å². The maximum absolute atomic E-state index is 12.5. The summed E-state index contributed by atoms with van der Waals surface area (Å²) in [6, 6.07) is 21.3. The Bertz CT molecular complexity index is 1120. The zero-order chi connectivity index (χ0) is 21.1. The Morgan fingerprint density at radius 3 is 2.50 bits per heavy atom. The summed E-state index contributed by atoms with van der Waals surface area (Å²) in [6.45, 7) is 1.88. The molecule has 1 aliphatic rings. The largest absolute Gasteiger partial charge is 0.482 e. The van der Waals surface area contributed by atoms with E-state index in [-0.39, 0.29) is 24.2 Å². The molecule has 0 radical (unpaired) electrons. The van der Waals surface area contributed by atoms with Gasteiger partial charge in [0, 0.05) is 16.8 Å². The highest BCUT2D eigenvalue weighted by molar-refractivity contribution is 6.05. The lowest BCUT2D eigenvalue weighted by Crippen LogP contribution is -2.38. The van der Waals surface area contributed by atoms with Crippen LogP contribution in [0, 0.1) is 0 Å². The third-order valence-electron chi connectivity index (χ3n) is 4.89. The number of carbonyl (C=O) groups is 3. The molecule has 1 heterocycles. The van der Waals surface area contributed by atoms with Crippen LogP contribution in [0.5, 0.6) is 5.75 Å². The number of nitrogens with zero attached hydrogens (tertiary/aromatic N) is 1. The van der Waals surface area contributed by atoms with Crippen molar-refractivity contribution in [1.29, 1.82) is 0 Å². The molecule has 6 heteroatoms. The van der Waals surface area contributed by atoms with Gasteiger partial charge in [0.1, 0.15) is 5.75 Å². The number of hydrogen-bond acceptors (Lipinski definition) is 4. The highest BCUT2D eigenvalue weighted by Crippen LogP contribution is 2.32. The number of benzene rings is 3. The molecule has 1 aliphatic heterocycles. The molecular formula is C24H20N2O4. The molecule has 0 spiro atoms. The summed E-state index contributed by atoms with van der Waals surface area (Å²) in [6.07, 6.45) is 0. The fourth-order valence-corrected chi connectivity index (χ4v) is 3.29. The molecule has 0 aromatic heterocycles. The number of carbonyl (C=O) groups excluding carboxylic acids is 3. The van der Waals surface area contributed by atoms with Crippen LogP contribution in [0.2, 0.25) is 0 Å². The van der Waals surface area contributed by atoms with Gasteiger partial charge in [0.15, 0.2) is 12.4 Å². The van der Waals surface area contributed by atoms with Crippen LogP contribution in [0.25, 0.3) is 0 Å². The van der Waals surface area contributed by atoms with E-state index < -0.39 is 0 Å². The average molecular weight is 400 g/mol. The summed E-state index contributed by atoms with van der Waals surface area (Å²) in [7, 11) is 0. The first-order valence-electron chi connectivity index (χ1n) is 9.55. The average Bonchev–Trinajstić information content (AvgIpc) is 2.76. The van der Waals surface area contributed by atoms with Crippen LogP contribution in [0.1, 0.15) is 33.2 Å². The van der Waals surface area contributed by atoms with Crippen LogP contribution in [-0.2, 0) is 11.3 Å². The second-order valence-corrected chi connectivity index (χ2v) is 7.02. The van der Waals surface area contributed by atoms with Crippen molar-refractivity contribution in [3.8, 4) is 5.75 Å². The molecule has 0 atom stereocenters. The molecule has 0 bridgehead atoms. The standard InChI is InChI=1S/C24H20N2O4/c1-16(27)19-5-4-6-20(13-19)25-24(29)18-11-9-17(10-12-18)14-26-21-7-2-3-8-22(21)30-15-23(26)28/h2-13H,14-15H2,1H3,(H,25,29). The Hall–Kier alpha value is -3.93. The van der Waals surface area contributed by atoms with E-state index in [0.29, 0.717) is 29.1 Å². The van der Waals surface area contributed by atoms with Gasteiger partial charge in [0.05, 0.1) is 12.2 Å². The van der Waals surface area contributed by atoms with Crippen LogP contribution in [-0.4, -0.2) is 24.2 Å². The molecule has 3 aromatic rings. The maximum atomic E-state index is 12.5. The van der Waals surface area contributed by atoms with Crippen LogP contribution in [0.3, 0.4) is 0 Å². The van der Waals surface area contributed by atoms with Crippen LogP contribution >= 0.6 is 0 Å². The Balaban J connectivity index is 1.47. The lowest BCUT2D eigenvalue weighted by Gasteiger charge is -2.29. The third-order valence-corrected chi connectivity index (χ3v) is 4.89. The summed E-state index contributed by atoms with van der Waals surface area (Å²) in [4.78, 5) is 38.1. The van der Waals surface area contributed by atoms with Crippen molar-refractivity contribution in [2.24, 2.45) is 0 Å². The fraction of sp³-hybridized carbons (Fsp3) is 0.125. The second kappa shape index (κ2) is 8.21. The maximum Gasteiger partial charge on any atom is 0.265 e. The van der Waals surface area contributed by atoms with Gasteiger partial charge in [-0.15, -0.1) is 0 Å². The van der Waals surface area contributed by atoms with Crippen molar-refractivity contribution in [2.75, 3.05) is 16.8 Å². The van der Waals surface area contributed by atoms with E-state index >= 15 is 0 Å². The minimum Gasteiger partial charge on any atom is -0.482 e. The van der Waals surface area contributed by atoms with Crippen molar-refractivity contribution in [3.63, 3.8) is 0 Å². The van der Waals surface area contributed by atoms with Crippen molar-refractivity contribution in [3.05, 3.63) is 89.5 Å². The zero-order valence-electron chi connectivity index (χ0n) is 16.4. The second-order valence-electron chi connectivity index (χ2n) is 7.02. The summed E-state index contributed by atoms with van der Waals surface area (Å²) < 4.78 is 5.47. The van der Waals surface area contributed by atoms with E-state index in [1.165, 1.54) is 6.92 Å². The SMILES string of the molecule is CC(=O)c1cccc(NC(=O)c2ccc(CN3C(=O)COc4ccccc43)cc2)c1. The van der Waals surface area contributed by atoms with E-state index in [1.807, 2.05) is 36.4 Å². The summed E-state index contributed by atoms with van der Waals surface area (Å²) in [5.41, 5.74) is 3.22. The smallest absolute Gasteiger partial charge is 0.265 e. The Labute approximate surface area is 174 Å². The third kappa shape index (κ3) is 4.07. The molecule has 1 N–H and O–H groups in total. The van der Waals surface area contributed by atoms with Crippen molar-refractivity contribution >= 4 is 29.0 Å². The number of amides is 2. The molecule has 3 aromatic carbocycles. The van der Waals surface area contributed by atoms with Gasteiger partial charge >= 0.3 is 0 Å². The van der Waals surface area contributed by atoms with Crippen molar-refractivity contribution < 1.29 is 19.1 Å². The number of Topliss-reactive ketones (excluding diaryl/α,β-unsaturated/α-hetero) is 1. The predicted molar refractivity (Wildman–Crippen MR) is 114 cm³/mol. The van der Waals surface area contributed by atoms with E-state index in [9.17, 15) is 14.4 Å². The fourth-order valence-electron chi connectivity index (χ4n) is 3.29. The van der Waals surface area contributed by atoms with Crippen molar-refractivity contribution in [1.82, 2.24) is 0 Å². The van der Waals surface area contributed by atoms with Gasteiger partial charge in [0.25, 0.3) is 11.8 Å². The minimum absolute atomic E-state index is 0.0107. The predicted octanol–water partition coefficient (Wildman–Crippen LogP) is 4.07. The molecule has 0 saturated heterocycles. The number of ether oxygens (including phenoxy) is 1. The van der Waals surface area contributed by atoms with Gasteiger partial charge in [-0.3, -0.25) is 14.4 Å². The Morgan fingerprint density at radius 2 is 1.73 bits per heavy atom. The molecule has 0 fully saturated rings. The van der Waals surface area contributed by atoms with Gasteiger partial charge in [-0.2, -0.15) is 0 Å². The van der Waals surface area contributed by atoms with Crippen molar-refractivity contribution in [2.45, 2.75) is 13.5 Å². The molecule has 2 amide bonds. The number of para-hydroxylation sites is 2. The normalized spacial score (nSPS) is 12.7. The molecule has 150 valence electrons. The molecule has 0 aliphatic carbocycles. The Kier molecular flexibility index (Phi) is 5.30. The summed E-state index contributed by atoms with van der Waals surface area (Å²) >= 11 is 0. The first-order chi connectivity index (χ1) is 14.5. The number of ketones is 1. The lowest BCUT2D eigenvalue weighted by atomic mass is 10.1. The molecule has 0 unspecified atom stereocenters. The van der Waals surface area contributed by atoms with Crippen LogP contribution < -0.4 is 15.0 Å². The topological polar surface area (TPSA) is 75.7 Å². The molecule has 6 nitrogen and oxygen atoms in total. The number of hydrogen-bond donors (Lipinski definition) is 1. The molecular weight excluding hydrogens is 380 g/mol.